The van der Waals surface area contributed by atoms with Crippen LogP contribution in [-0.2, 0) is 12.1 Å². The van der Waals surface area contributed by atoms with E-state index in [2.05, 4.69) is 15.3 Å². The Labute approximate surface area is 161 Å². The Morgan fingerprint density at radius 2 is 2.04 bits per heavy atom. The van der Waals surface area contributed by atoms with Crippen molar-refractivity contribution in [3.8, 4) is 0 Å². The van der Waals surface area contributed by atoms with Crippen LogP contribution in [0.3, 0.4) is 0 Å². The number of benzene rings is 1. The van der Waals surface area contributed by atoms with Gasteiger partial charge >= 0.3 is 6.18 Å². The van der Waals surface area contributed by atoms with Gasteiger partial charge in [0.05, 0.1) is 23.3 Å². The highest BCUT2D eigenvalue weighted by Gasteiger charge is 2.55. The average molecular weight is 414 g/mol. The van der Waals surface area contributed by atoms with Crippen LogP contribution in [0, 0.1) is 0 Å². The number of primary amides is 1. The quantitative estimate of drug-likeness (QED) is 0.668. The average Bonchev–Trinajstić information content (AvgIpc) is 3.08. The first-order valence-electron chi connectivity index (χ1n) is 8.14. The smallest absolute Gasteiger partial charge is 0.375 e. The molecule has 11 heteroatoms. The van der Waals surface area contributed by atoms with Crippen LogP contribution in [-0.4, -0.2) is 37.2 Å². The van der Waals surface area contributed by atoms with Crippen molar-refractivity contribution < 1.29 is 23.1 Å². The molecule has 0 aliphatic heterocycles. The molecule has 0 bridgehead atoms. The van der Waals surface area contributed by atoms with E-state index in [9.17, 15) is 23.1 Å². The SMILES string of the molecule is CC[C@@](O)(c1cn(Cc2ccc3c(Cl)cc(C(N)=O)nc3c2)nn1)C(F)(F)F. The molecule has 0 radical (unpaired) electrons. The number of aliphatic hydroxyl groups is 1. The fourth-order valence-electron chi connectivity index (χ4n) is 2.74. The number of nitrogens with two attached hydrogens (primary N) is 1. The molecule has 0 unspecified atom stereocenters. The van der Waals surface area contributed by atoms with Gasteiger partial charge in [-0.25, -0.2) is 9.67 Å². The highest BCUT2D eigenvalue weighted by Crippen LogP contribution is 2.40. The minimum absolute atomic E-state index is 0.00382. The zero-order chi connectivity index (χ0) is 20.7. The first-order chi connectivity index (χ1) is 13.0. The van der Waals surface area contributed by atoms with Crippen molar-refractivity contribution in [1.29, 1.82) is 0 Å². The molecule has 0 aliphatic carbocycles. The second-order valence-electron chi connectivity index (χ2n) is 6.22. The molecule has 2 heterocycles. The summed E-state index contributed by atoms with van der Waals surface area (Å²) in [6.45, 7) is 1.28. The van der Waals surface area contributed by atoms with Crippen LogP contribution in [0.25, 0.3) is 10.9 Å². The van der Waals surface area contributed by atoms with Gasteiger partial charge in [0.1, 0.15) is 11.4 Å². The molecule has 7 nitrogen and oxygen atoms in total. The molecule has 148 valence electrons. The standard InChI is InChI=1S/C17H15ClF3N5O2/c1-2-16(28,17(19,20)21)14-8-26(25-24-14)7-9-3-4-10-11(18)6-13(15(22)27)23-12(10)5-9/h3-6,8,28H,2,7H2,1H3,(H2,22,27)/t16-/m1/s1. The van der Waals surface area contributed by atoms with E-state index in [0.29, 0.717) is 21.5 Å². The molecular formula is C17H15ClF3N5O2. The van der Waals surface area contributed by atoms with Gasteiger partial charge in [0.15, 0.2) is 0 Å². The predicted molar refractivity (Wildman–Crippen MR) is 94.6 cm³/mol. The van der Waals surface area contributed by atoms with Crippen molar-refractivity contribution in [2.24, 2.45) is 5.73 Å². The van der Waals surface area contributed by atoms with E-state index in [1.807, 2.05) is 0 Å². The lowest BCUT2D eigenvalue weighted by atomic mass is 9.96. The van der Waals surface area contributed by atoms with Crippen LogP contribution < -0.4 is 5.73 Å². The van der Waals surface area contributed by atoms with E-state index in [4.69, 9.17) is 17.3 Å². The molecule has 2 aromatic heterocycles. The lowest BCUT2D eigenvalue weighted by Gasteiger charge is -2.26. The largest absolute Gasteiger partial charge is 0.423 e. The van der Waals surface area contributed by atoms with Crippen molar-refractivity contribution in [2.45, 2.75) is 31.7 Å². The van der Waals surface area contributed by atoms with Gasteiger partial charge in [0, 0.05) is 5.39 Å². The van der Waals surface area contributed by atoms with Gasteiger partial charge in [0.2, 0.25) is 5.60 Å². The number of aromatic nitrogens is 4. The number of alkyl halides is 3. The van der Waals surface area contributed by atoms with E-state index in [1.54, 1.807) is 18.2 Å². The van der Waals surface area contributed by atoms with Gasteiger partial charge in [-0.3, -0.25) is 4.79 Å². The van der Waals surface area contributed by atoms with Crippen molar-refractivity contribution in [3.05, 3.63) is 52.4 Å². The Bertz CT molecular complexity index is 1050. The van der Waals surface area contributed by atoms with E-state index < -0.39 is 29.8 Å². The maximum atomic E-state index is 13.2. The number of rotatable bonds is 5. The summed E-state index contributed by atoms with van der Waals surface area (Å²) in [5.41, 5.74) is 2.60. The number of carbonyl (C=O) groups excluding carboxylic acids is 1. The highest BCUT2D eigenvalue weighted by atomic mass is 35.5. The molecule has 3 rings (SSSR count). The first-order valence-corrected chi connectivity index (χ1v) is 8.51. The zero-order valence-corrected chi connectivity index (χ0v) is 15.3. The Morgan fingerprint density at radius 3 is 2.64 bits per heavy atom. The molecule has 0 saturated heterocycles. The lowest BCUT2D eigenvalue weighted by Crippen LogP contribution is -2.42. The third kappa shape index (κ3) is 3.52. The Kier molecular flexibility index (Phi) is 5.02. The normalized spacial score (nSPS) is 14.2. The molecule has 0 fully saturated rings. The summed E-state index contributed by atoms with van der Waals surface area (Å²) in [5.74, 6) is -0.735. The fraction of sp³-hybridized carbons (Fsp3) is 0.294. The summed E-state index contributed by atoms with van der Waals surface area (Å²) in [5, 5.41) is 18.0. The highest BCUT2D eigenvalue weighted by molar-refractivity contribution is 6.35. The second kappa shape index (κ2) is 7.02. The summed E-state index contributed by atoms with van der Waals surface area (Å²) in [7, 11) is 0. The monoisotopic (exact) mass is 413 g/mol. The first kappa shape index (κ1) is 20.0. The molecule has 0 saturated carbocycles. The number of hydrogen-bond acceptors (Lipinski definition) is 5. The third-order valence-corrected chi connectivity index (χ3v) is 4.68. The van der Waals surface area contributed by atoms with Crippen molar-refractivity contribution in [3.63, 3.8) is 0 Å². The number of carbonyl (C=O) groups is 1. The van der Waals surface area contributed by atoms with Gasteiger partial charge in [-0.15, -0.1) is 5.10 Å². The van der Waals surface area contributed by atoms with E-state index in [0.717, 1.165) is 6.20 Å². The molecule has 3 aromatic rings. The maximum Gasteiger partial charge on any atom is 0.423 e. The van der Waals surface area contributed by atoms with Gasteiger partial charge in [0.25, 0.3) is 5.91 Å². The summed E-state index contributed by atoms with van der Waals surface area (Å²) in [4.78, 5) is 15.5. The lowest BCUT2D eigenvalue weighted by molar-refractivity contribution is -0.269. The number of pyridine rings is 1. The van der Waals surface area contributed by atoms with Crippen LogP contribution in [0.15, 0.2) is 30.5 Å². The van der Waals surface area contributed by atoms with Crippen LogP contribution in [0.1, 0.15) is 35.1 Å². The van der Waals surface area contributed by atoms with E-state index >= 15 is 0 Å². The Balaban J connectivity index is 1.93. The van der Waals surface area contributed by atoms with E-state index in [-0.39, 0.29) is 12.2 Å². The maximum absolute atomic E-state index is 13.2. The van der Waals surface area contributed by atoms with Gasteiger partial charge in [-0.1, -0.05) is 35.9 Å². The molecule has 0 aliphatic rings. The van der Waals surface area contributed by atoms with Gasteiger partial charge in [-0.05, 0) is 24.1 Å². The van der Waals surface area contributed by atoms with E-state index in [1.165, 1.54) is 17.7 Å². The molecule has 3 N–H and O–H groups in total. The molecule has 0 spiro atoms. The molecule has 1 atom stereocenters. The minimum Gasteiger partial charge on any atom is -0.375 e. The number of amides is 1. The fourth-order valence-corrected chi connectivity index (χ4v) is 3.00. The number of nitrogens with zero attached hydrogens (tertiary/aromatic N) is 4. The molecular weight excluding hydrogens is 399 g/mol. The van der Waals surface area contributed by atoms with Gasteiger partial charge in [-0.2, -0.15) is 13.2 Å². The van der Waals surface area contributed by atoms with Crippen molar-refractivity contribution in [1.82, 2.24) is 20.0 Å². The third-order valence-electron chi connectivity index (χ3n) is 4.36. The van der Waals surface area contributed by atoms with Gasteiger partial charge < -0.3 is 10.8 Å². The number of halogens is 4. The van der Waals surface area contributed by atoms with Crippen LogP contribution >= 0.6 is 11.6 Å². The number of fused-ring (bicyclic) bond motifs is 1. The Hall–Kier alpha value is -2.72. The molecule has 1 amide bonds. The Morgan fingerprint density at radius 1 is 1.32 bits per heavy atom. The van der Waals surface area contributed by atoms with Crippen molar-refractivity contribution in [2.75, 3.05) is 0 Å². The predicted octanol–water partition coefficient (Wildman–Crippen LogP) is 2.79. The molecule has 28 heavy (non-hydrogen) atoms. The van der Waals surface area contributed by atoms with Crippen molar-refractivity contribution >= 4 is 28.4 Å². The summed E-state index contributed by atoms with van der Waals surface area (Å²) < 4.78 is 40.6. The number of hydrogen-bond donors (Lipinski definition) is 2. The zero-order valence-electron chi connectivity index (χ0n) is 14.5. The molecule has 1 aromatic carbocycles. The van der Waals surface area contributed by atoms with Crippen LogP contribution in [0.4, 0.5) is 13.2 Å². The summed E-state index contributed by atoms with van der Waals surface area (Å²) >= 11 is 6.12. The summed E-state index contributed by atoms with van der Waals surface area (Å²) in [6, 6.07) is 6.33. The van der Waals surface area contributed by atoms with Crippen LogP contribution in [0.5, 0.6) is 0 Å². The summed E-state index contributed by atoms with van der Waals surface area (Å²) in [6.07, 6.45) is -4.43. The minimum atomic E-state index is -4.88. The van der Waals surface area contributed by atoms with Crippen LogP contribution in [0.2, 0.25) is 5.02 Å². The topological polar surface area (TPSA) is 107 Å². The second-order valence-corrected chi connectivity index (χ2v) is 6.63.